The fourth-order valence-electron chi connectivity index (χ4n) is 4.12. The van der Waals surface area contributed by atoms with Crippen molar-refractivity contribution >= 4 is 11.8 Å². The largest absolute Gasteiger partial charge is 0.336 e. The molecule has 26 heavy (non-hydrogen) atoms. The first-order chi connectivity index (χ1) is 12.4. The molecule has 1 aliphatic heterocycles. The molecule has 0 aliphatic carbocycles. The van der Waals surface area contributed by atoms with Gasteiger partial charge in [-0.25, -0.2) is 0 Å². The molecule has 1 saturated heterocycles. The van der Waals surface area contributed by atoms with Gasteiger partial charge in [-0.1, -0.05) is 53.4 Å². The van der Waals surface area contributed by atoms with Crippen molar-refractivity contribution in [1.29, 1.82) is 0 Å². The van der Waals surface area contributed by atoms with Gasteiger partial charge in [-0.2, -0.15) is 0 Å². The Labute approximate surface area is 161 Å². The summed E-state index contributed by atoms with van der Waals surface area (Å²) in [5.74, 6) is 0.871. The van der Waals surface area contributed by atoms with E-state index in [4.69, 9.17) is 0 Å². The molecule has 0 spiro atoms. The molecule has 1 fully saturated rings. The molecule has 4 nitrogen and oxygen atoms in total. The molecule has 1 aliphatic rings. The average molecular weight is 367 g/mol. The van der Waals surface area contributed by atoms with Crippen LogP contribution in [-0.4, -0.2) is 46.8 Å². The van der Waals surface area contributed by atoms with E-state index in [0.717, 1.165) is 51.4 Å². The highest BCUT2D eigenvalue weighted by Gasteiger charge is 2.37. The van der Waals surface area contributed by atoms with Crippen LogP contribution in [0, 0.1) is 11.8 Å². The third-order valence-corrected chi connectivity index (χ3v) is 6.05. The van der Waals surface area contributed by atoms with Crippen LogP contribution in [0.4, 0.5) is 0 Å². The molecule has 0 aromatic carbocycles. The summed E-state index contributed by atoms with van der Waals surface area (Å²) in [5, 5.41) is 0. The smallest absolute Gasteiger partial charge is 0.226 e. The van der Waals surface area contributed by atoms with Gasteiger partial charge in [0.2, 0.25) is 11.8 Å². The number of piperazine rings is 1. The third-order valence-electron chi connectivity index (χ3n) is 6.05. The van der Waals surface area contributed by atoms with Crippen LogP contribution in [-0.2, 0) is 9.59 Å². The van der Waals surface area contributed by atoms with Crippen molar-refractivity contribution < 1.29 is 9.59 Å². The normalized spacial score (nSPS) is 23.0. The molecule has 0 N–H and O–H groups in total. The minimum absolute atomic E-state index is 0.113. The van der Waals surface area contributed by atoms with Crippen LogP contribution in [0.15, 0.2) is 0 Å². The minimum Gasteiger partial charge on any atom is -0.336 e. The number of amides is 2. The van der Waals surface area contributed by atoms with Crippen molar-refractivity contribution in [1.82, 2.24) is 9.80 Å². The minimum atomic E-state index is 0.113. The van der Waals surface area contributed by atoms with Gasteiger partial charge in [0.05, 0.1) is 0 Å². The maximum atomic E-state index is 13.0. The lowest BCUT2D eigenvalue weighted by molar-refractivity contribution is -0.151. The lowest BCUT2D eigenvalue weighted by atomic mass is 9.94. The van der Waals surface area contributed by atoms with Crippen LogP contribution >= 0.6 is 0 Å². The highest BCUT2D eigenvalue weighted by molar-refractivity contribution is 5.81. The molecular formula is C22H42N2O2. The standard InChI is InChI=1S/C22H42N2O2/c1-7-11-13-19(9-3)21(25)23-15-18(6)24(16-17(23)5)22(26)20(10-4)14-12-8-2/h17-20H,7-16H2,1-6H3/t17-,18-,19+,20+/m0/s1. The maximum absolute atomic E-state index is 13.0. The van der Waals surface area contributed by atoms with Crippen LogP contribution in [0.1, 0.15) is 92.9 Å². The summed E-state index contributed by atoms with van der Waals surface area (Å²) in [6.07, 6.45) is 8.29. The summed E-state index contributed by atoms with van der Waals surface area (Å²) in [6.45, 7) is 14.1. The Morgan fingerprint density at radius 1 is 0.769 bits per heavy atom. The fourth-order valence-corrected chi connectivity index (χ4v) is 4.12. The van der Waals surface area contributed by atoms with Crippen molar-refractivity contribution in [2.75, 3.05) is 13.1 Å². The van der Waals surface area contributed by atoms with E-state index < -0.39 is 0 Å². The topological polar surface area (TPSA) is 40.6 Å². The van der Waals surface area contributed by atoms with Gasteiger partial charge >= 0.3 is 0 Å². The molecular weight excluding hydrogens is 324 g/mol. The molecule has 0 unspecified atom stereocenters. The number of carbonyl (C=O) groups excluding carboxylic acids is 2. The summed E-state index contributed by atoms with van der Waals surface area (Å²) in [6, 6.07) is 0.226. The highest BCUT2D eigenvalue weighted by atomic mass is 16.2. The Bertz CT molecular complexity index is 398. The Balaban J connectivity index is 2.76. The number of hydrogen-bond acceptors (Lipinski definition) is 2. The van der Waals surface area contributed by atoms with Crippen LogP contribution in [0.2, 0.25) is 0 Å². The van der Waals surface area contributed by atoms with E-state index in [9.17, 15) is 9.59 Å². The predicted octanol–water partition coefficient (Wildman–Crippen LogP) is 4.87. The summed E-state index contributed by atoms with van der Waals surface area (Å²) < 4.78 is 0. The van der Waals surface area contributed by atoms with E-state index in [1.54, 1.807) is 0 Å². The van der Waals surface area contributed by atoms with E-state index in [1.807, 2.05) is 9.80 Å². The number of hydrogen-bond donors (Lipinski definition) is 0. The first-order valence-electron chi connectivity index (χ1n) is 11.0. The molecule has 4 atom stereocenters. The summed E-state index contributed by atoms with van der Waals surface area (Å²) in [4.78, 5) is 30.1. The van der Waals surface area contributed by atoms with Gasteiger partial charge in [0.15, 0.2) is 0 Å². The van der Waals surface area contributed by atoms with Crippen LogP contribution in [0.25, 0.3) is 0 Å². The Morgan fingerprint density at radius 2 is 1.12 bits per heavy atom. The molecule has 1 heterocycles. The summed E-state index contributed by atoms with van der Waals surface area (Å²) >= 11 is 0. The fraction of sp³-hybridized carbons (Fsp3) is 0.909. The molecule has 0 bridgehead atoms. The number of unbranched alkanes of at least 4 members (excludes halogenated alkanes) is 2. The zero-order chi connectivity index (χ0) is 19.7. The van der Waals surface area contributed by atoms with Gasteiger partial charge in [-0.3, -0.25) is 9.59 Å². The van der Waals surface area contributed by atoms with Gasteiger partial charge < -0.3 is 9.80 Å². The lowest BCUT2D eigenvalue weighted by Crippen LogP contribution is -2.61. The average Bonchev–Trinajstić information content (AvgIpc) is 2.64. The van der Waals surface area contributed by atoms with Gasteiger partial charge in [0.1, 0.15) is 0 Å². The second-order valence-electron chi connectivity index (χ2n) is 8.17. The van der Waals surface area contributed by atoms with E-state index in [-0.39, 0.29) is 23.9 Å². The zero-order valence-corrected chi connectivity index (χ0v) is 18.1. The van der Waals surface area contributed by atoms with E-state index in [2.05, 4.69) is 41.5 Å². The molecule has 0 saturated carbocycles. The van der Waals surface area contributed by atoms with Crippen molar-refractivity contribution in [3.63, 3.8) is 0 Å². The first-order valence-corrected chi connectivity index (χ1v) is 11.0. The first kappa shape index (κ1) is 23.0. The van der Waals surface area contributed by atoms with Crippen LogP contribution in [0.5, 0.6) is 0 Å². The Morgan fingerprint density at radius 3 is 1.38 bits per heavy atom. The maximum Gasteiger partial charge on any atom is 0.226 e. The molecule has 0 aromatic heterocycles. The van der Waals surface area contributed by atoms with Crippen molar-refractivity contribution in [2.24, 2.45) is 11.8 Å². The highest BCUT2D eigenvalue weighted by Crippen LogP contribution is 2.25. The van der Waals surface area contributed by atoms with Crippen LogP contribution < -0.4 is 0 Å². The Hall–Kier alpha value is -1.06. The van der Waals surface area contributed by atoms with Gasteiger partial charge in [-0.05, 0) is 39.5 Å². The molecule has 4 heteroatoms. The quantitative estimate of drug-likeness (QED) is 0.553. The molecule has 152 valence electrons. The van der Waals surface area contributed by atoms with Crippen molar-refractivity contribution in [3.05, 3.63) is 0 Å². The summed E-state index contributed by atoms with van der Waals surface area (Å²) in [7, 11) is 0. The van der Waals surface area contributed by atoms with E-state index in [1.165, 1.54) is 0 Å². The Kier molecular flexibility index (Phi) is 10.3. The van der Waals surface area contributed by atoms with E-state index in [0.29, 0.717) is 24.9 Å². The second-order valence-corrected chi connectivity index (χ2v) is 8.17. The monoisotopic (exact) mass is 366 g/mol. The number of carbonyl (C=O) groups is 2. The molecule has 0 radical (unpaired) electrons. The molecule has 1 rings (SSSR count). The van der Waals surface area contributed by atoms with Gasteiger partial charge in [0.25, 0.3) is 0 Å². The zero-order valence-electron chi connectivity index (χ0n) is 18.1. The van der Waals surface area contributed by atoms with Gasteiger partial charge in [0, 0.05) is 37.0 Å². The third kappa shape index (κ3) is 5.99. The van der Waals surface area contributed by atoms with Crippen molar-refractivity contribution in [3.8, 4) is 0 Å². The summed E-state index contributed by atoms with van der Waals surface area (Å²) in [5.41, 5.74) is 0. The lowest BCUT2D eigenvalue weighted by Gasteiger charge is -2.46. The SMILES string of the molecule is CCCC[C@@H](CC)C(=O)N1C[C@H](C)N(C(=O)[C@H](CC)CCCC)C[C@@H]1C. The predicted molar refractivity (Wildman–Crippen MR) is 109 cm³/mol. The number of nitrogens with zero attached hydrogens (tertiary/aromatic N) is 2. The molecule has 2 amide bonds. The number of rotatable bonds is 10. The van der Waals surface area contributed by atoms with E-state index >= 15 is 0 Å². The molecule has 0 aromatic rings. The van der Waals surface area contributed by atoms with Crippen molar-refractivity contribution in [2.45, 2.75) is 105 Å². The van der Waals surface area contributed by atoms with Gasteiger partial charge in [-0.15, -0.1) is 0 Å². The second kappa shape index (κ2) is 11.6. The van der Waals surface area contributed by atoms with Crippen LogP contribution in [0.3, 0.4) is 0 Å².